The van der Waals surface area contributed by atoms with Gasteiger partial charge in [0.15, 0.2) is 5.60 Å². The molecule has 120 valence electrons. The fourth-order valence-corrected chi connectivity index (χ4v) is 2.06. The minimum absolute atomic E-state index is 0.189. The number of aryl methyl sites for hydroxylation is 2. The Bertz CT molecular complexity index is 523. The highest BCUT2D eigenvalue weighted by Gasteiger charge is 2.60. The zero-order chi connectivity index (χ0) is 16.6. The van der Waals surface area contributed by atoms with E-state index < -0.39 is 29.9 Å². The van der Waals surface area contributed by atoms with E-state index in [-0.39, 0.29) is 23.2 Å². The second-order valence-electron chi connectivity index (χ2n) is 4.87. The number of anilines is 1. The molecule has 1 aromatic carbocycles. The highest BCUT2D eigenvalue weighted by Crippen LogP contribution is 2.46. The molecule has 1 aromatic rings. The van der Waals surface area contributed by atoms with Crippen LogP contribution in [0.5, 0.6) is 0 Å². The Morgan fingerprint density at radius 1 is 1.10 bits per heavy atom. The average Bonchev–Trinajstić information content (AvgIpc) is 2.28. The van der Waals surface area contributed by atoms with Crippen molar-refractivity contribution in [1.82, 2.24) is 0 Å². The zero-order valence-electron chi connectivity index (χ0n) is 11.4. The molecule has 1 atom stereocenters. The summed E-state index contributed by atoms with van der Waals surface area (Å²) in [5.41, 5.74) is 1.47. The van der Waals surface area contributed by atoms with E-state index >= 15 is 0 Å². The molecule has 0 heterocycles. The van der Waals surface area contributed by atoms with Gasteiger partial charge >= 0.3 is 12.4 Å². The fraction of sp³-hybridized carbons (Fsp3) is 0.538. The van der Waals surface area contributed by atoms with Crippen molar-refractivity contribution in [2.75, 3.05) is 5.73 Å². The molecule has 0 fully saturated rings. The largest absolute Gasteiger partial charge is 0.421 e. The lowest BCUT2D eigenvalue weighted by Gasteiger charge is -2.32. The third-order valence-corrected chi connectivity index (χ3v) is 3.26. The topological polar surface area (TPSA) is 46.2 Å². The molecule has 0 radical (unpaired) electrons. The van der Waals surface area contributed by atoms with Crippen LogP contribution in [0.4, 0.5) is 32.0 Å². The summed E-state index contributed by atoms with van der Waals surface area (Å²) in [4.78, 5) is 0. The molecule has 1 rings (SSSR count). The standard InChI is InChI=1S/C13H15F6NO/c1-3-8-5-9(4-7(2)10(8)20)11(21,13(17,18)19)6-12(14,15)16/h4-5,21H,3,6,20H2,1-2H3. The highest BCUT2D eigenvalue weighted by molar-refractivity contribution is 5.56. The van der Waals surface area contributed by atoms with Crippen molar-refractivity contribution in [1.29, 1.82) is 0 Å². The maximum atomic E-state index is 13.0. The van der Waals surface area contributed by atoms with E-state index in [1.165, 1.54) is 6.92 Å². The SMILES string of the molecule is CCc1cc(C(O)(CC(F)(F)F)C(F)(F)F)cc(C)c1N. The van der Waals surface area contributed by atoms with Crippen LogP contribution < -0.4 is 5.73 Å². The van der Waals surface area contributed by atoms with Gasteiger partial charge in [-0.1, -0.05) is 19.1 Å². The van der Waals surface area contributed by atoms with Crippen LogP contribution in [-0.2, 0) is 12.0 Å². The number of nitrogen functional groups attached to an aromatic ring is 1. The summed E-state index contributed by atoms with van der Waals surface area (Å²) in [5.74, 6) is 0. The van der Waals surface area contributed by atoms with E-state index in [0.29, 0.717) is 0 Å². The van der Waals surface area contributed by atoms with Crippen molar-refractivity contribution >= 4 is 5.69 Å². The summed E-state index contributed by atoms with van der Waals surface area (Å²) in [6, 6.07) is 1.72. The number of hydrogen-bond donors (Lipinski definition) is 2. The van der Waals surface area contributed by atoms with Gasteiger partial charge in [0.1, 0.15) is 0 Å². The third-order valence-electron chi connectivity index (χ3n) is 3.26. The maximum absolute atomic E-state index is 13.0. The van der Waals surface area contributed by atoms with E-state index in [1.807, 2.05) is 0 Å². The zero-order valence-corrected chi connectivity index (χ0v) is 11.4. The van der Waals surface area contributed by atoms with Crippen LogP contribution in [0, 0.1) is 6.92 Å². The first kappa shape index (κ1) is 17.6. The molecule has 0 bridgehead atoms. The van der Waals surface area contributed by atoms with Gasteiger partial charge in [0.25, 0.3) is 0 Å². The van der Waals surface area contributed by atoms with E-state index in [1.54, 1.807) is 6.92 Å². The normalized spacial score (nSPS) is 15.9. The summed E-state index contributed by atoms with van der Waals surface area (Å²) < 4.78 is 76.4. The number of benzene rings is 1. The second kappa shape index (κ2) is 5.40. The number of aliphatic hydroxyl groups is 1. The van der Waals surface area contributed by atoms with Crippen molar-refractivity contribution in [2.24, 2.45) is 0 Å². The first-order valence-corrected chi connectivity index (χ1v) is 6.07. The van der Waals surface area contributed by atoms with Gasteiger partial charge in [-0.3, -0.25) is 0 Å². The van der Waals surface area contributed by atoms with Gasteiger partial charge in [-0.25, -0.2) is 0 Å². The quantitative estimate of drug-likeness (QED) is 0.657. The summed E-state index contributed by atoms with van der Waals surface area (Å²) in [6.07, 6.45) is -12.8. The summed E-state index contributed by atoms with van der Waals surface area (Å²) in [5, 5.41) is 9.70. The van der Waals surface area contributed by atoms with Gasteiger partial charge in [-0.15, -0.1) is 0 Å². The number of nitrogens with two attached hydrogens (primary N) is 1. The number of rotatable bonds is 3. The predicted octanol–water partition coefficient (Wildman–Crippen LogP) is 3.84. The predicted molar refractivity (Wildman–Crippen MR) is 65.6 cm³/mol. The lowest BCUT2D eigenvalue weighted by Crippen LogP contribution is -2.45. The molecule has 2 nitrogen and oxygen atoms in total. The first-order valence-electron chi connectivity index (χ1n) is 6.07. The Balaban J connectivity index is 3.51. The van der Waals surface area contributed by atoms with Gasteiger partial charge < -0.3 is 10.8 Å². The van der Waals surface area contributed by atoms with Gasteiger partial charge in [-0.2, -0.15) is 26.3 Å². The van der Waals surface area contributed by atoms with Crippen LogP contribution in [0.2, 0.25) is 0 Å². The van der Waals surface area contributed by atoms with Gasteiger partial charge in [-0.05, 0) is 30.0 Å². The Morgan fingerprint density at radius 2 is 1.62 bits per heavy atom. The van der Waals surface area contributed by atoms with Crippen LogP contribution in [0.25, 0.3) is 0 Å². The molecule has 21 heavy (non-hydrogen) atoms. The van der Waals surface area contributed by atoms with E-state index in [2.05, 4.69) is 0 Å². The molecule has 0 saturated heterocycles. The molecular weight excluding hydrogens is 300 g/mol. The van der Waals surface area contributed by atoms with Crippen LogP contribution in [0.3, 0.4) is 0 Å². The molecule has 0 aliphatic carbocycles. The summed E-state index contributed by atoms with van der Waals surface area (Å²) in [7, 11) is 0. The fourth-order valence-electron chi connectivity index (χ4n) is 2.06. The summed E-state index contributed by atoms with van der Waals surface area (Å²) in [6.45, 7) is 2.98. The molecular formula is C13H15F6NO. The molecule has 8 heteroatoms. The maximum Gasteiger partial charge on any atom is 0.421 e. The molecule has 3 N–H and O–H groups in total. The molecule has 1 unspecified atom stereocenters. The Hall–Kier alpha value is -1.44. The van der Waals surface area contributed by atoms with E-state index in [9.17, 15) is 31.4 Å². The minimum atomic E-state index is -5.46. The monoisotopic (exact) mass is 315 g/mol. The van der Waals surface area contributed by atoms with Crippen molar-refractivity contribution < 1.29 is 31.4 Å². The summed E-state index contributed by atoms with van der Waals surface area (Å²) >= 11 is 0. The van der Waals surface area contributed by atoms with Crippen molar-refractivity contribution in [3.8, 4) is 0 Å². The van der Waals surface area contributed by atoms with Crippen molar-refractivity contribution in [3.05, 3.63) is 28.8 Å². The molecule has 0 aliphatic heterocycles. The molecule has 0 amide bonds. The average molecular weight is 315 g/mol. The third kappa shape index (κ3) is 3.61. The Morgan fingerprint density at radius 3 is 2.00 bits per heavy atom. The lowest BCUT2D eigenvalue weighted by molar-refractivity contribution is -0.300. The molecule has 0 spiro atoms. The minimum Gasteiger partial charge on any atom is -0.398 e. The number of hydrogen-bond acceptors (Lipinski definition) is 2. The van der Waals surface area contributed by atoms with Crippen LogP contribution in [0.1, 0.15) is 30.0 Å². The number of halogens is 6. The van der Waals surface area contributed by atoms with Crippen molar-refractivity contribution in [2.45, 2.75) is 44.6 Å². The van der Waals surface area contributed by atoms with Gasteiger partial charge in [0.2, 0.25) is 0 Å². The molecule has 0 aliphatic rings. The Labute approximate surface area is 117 Å². The lowest BCUT2D eigenvalue weighted by atomic mass is 9.86. The van der Waals surface area contributed by atoms with Gasteiger partial charge in [0, 0.05) is 5.69 Å². The van der Waals surface area contributed by atoms with Crippen molar-refractivity contribution in [3.63, 3.8) is 0 Å². The number of alkyl halides is 6. The second-order valence-corrected chi connectivity index (χ2v) is 4.87. The molecule has 0 saturated carbocycles. The van der Waals surface area contributed by atoms with Crippen LogP contribution in [-0.4, -0.2) is 17.5 Å². The van der Waals surface area contributed by atoms with E-state index in [4.69, 9.17) is 5.73 Å². The smallest absolute Gasteiger partial charge is 0.398 e. The van der Waals surface area contributed by atoms with Crippen LogP contribution in [0.15, 0.2) is 12.1 Å². The Kier molecular flexibility index (Phi) is 4.53. The molecule has 0 aromatic heterocycles. The van der Waals surface area contributed by atoms with E-state index in [0.717, 1.165) is 12.1 Å². The van der Waals surface area contributed by atoms with Gasteiger partial charge in [0.05, 0.1) is 6.42 Å². The first-order chi connectivity index (χ1) is 9.32. The highest BCUT2D eigenvalue weighted by atomic mass is 19.4. The van der Waals surface area contributed by atoms with Crippen LogP contribution >= 0.6 is 0 Å².